The molecule has 0 atom stereocenters. The smallest absolute Gasteiger partial charge is 0.0656 e. The van der Waals surface area contributed by atoms with Gasteiger partial charge in [0.1, 0.15) is 0 Å². The predicted octanol–water partition coefficient (Wildman–Crippen LogP) is 6.84. The van der Waals surface area contributed by atoms with Gasteiger partial charge in [0.25, 0.3) is 0 Å². The summed E-state index contributed by atoms with van der Waals surface area (Å²) in [6, 6.07) is 18.4. The van der Waals surface area contributed by atoms with Crippen LogP contribution >= 0.6 is 0 Å². The fourth-order valence-electron chi connectivity index (χ4n) is 3.32. The summed E-state index contributed by atoms with van der Waals surface area (Å²) >= 11 is 0. The van der Waals surface area contributed by atoms with E-state index in [1.165, 1.54) is 32.6 Å². The molecule has 0 aliphatic heterocycles. The van der Waals surface area contributed by atoms with E-state index in [9.17, 15) is 0 Å². The van der Waals surface area contributed by atoms with Crippen LogP contribution in [0, 0.1) is 0 Å². The molecule has 0 aromatic heterocycles. The monoisotopic (exact) mass is 348 g/mol. The average Bonchev–Trinajstić information content (AvgIpc) is 2.47. The molecule has 0 fully saturated rings. The molecule has 0 unspecified atom stereocenters. The Hall–Kier alpha value is -1.65. The molecule has 0 heterocycles. The second-order valence-corrected chi connectivity index (χ2v) is 18.9. The van der Waals surface area contributed by atoms with Crippen LogP contribution in [0.3, 0.4) is 0 Å². The molecule has 0 spiro atoms. The highest BCUT2D eigenvalue weighted by molar-refractivity contribution is 6.95. The average molecular weight is 349 g/mol. The van der Waals surface area contributed by atoms with E-state index in [1.54, 1.807) is 0 Å². The van der Waals surface area contributed by atoms with Crippen LogP contribution < -0.4 is 0 Å². The maximum atomic E-state index is 2.43. The Balaban J connectivity index is 2.29. The molecule has 0 saturated carbocycles. The van der Waals surface area contributed by atoms with Crippen LogP contribution in [-0.4, -0.2) is 16.1 Å². The lowest BCUT2D eigenvalue weighted by atomic mass is 10.0. The van der Waals surface area contributed by atoms with Crippen molar-refractivity contribution in [2.75, 3.05) is 0 Å². The SMILES string of the molecule is C[Si](C)(C)/C1=C/c2ccc(cc2)/C=C(/[Si](C)(C)C)c2ccc1cc2. The van der Waals surface area contributed by atoms with Crippen molar-refractivity contribution < 1.29 is 0 Å². The molecule has 4 aliphatic rings. The Morgan fingerprint density at radius 2 is 0.750 bits per heavy atom. The Morgan fingerprint density at radius 1 is 0.458 bits per heavy atom. The molecule has 6 rings (SSSR count). The van der Waals surface area contributed by atoms with Gasteiger partial charge in [0.2, 0.25) is 0 Å². The van der Waals surface area contributed by atoms with Crippen molar-refractivity contribution in [1.82, 2.24) is 0 Å². The fraction of sp³-hybridized carbons (Fsp3) is 0.273. The zero-order chi connectivity index (χ0) is 17.5. The minimum absolute atomic E-state index is 1.31. The van der Waals surface area contributed by atoms with Gasteiger partial charge in [-0.3, -0.25) is 0 Å². The van der Waals surface area contributed by atoms with Gasteiger partial charge in [-0.1, -0.05) is 110 Å². The van der Waals surface area contributed by atoms with E-state index in [4.69, 9.17) is 0 Å². The minimum atomic E-state index is -1.42. The summed E-state index contributed by atoms with van der Waals surface area (Å²) in [5.74, 6) is 0. The molecule has 0 nitrogen and oxygen atoms in total. The third-order valence-electron chi connectivity index (χ3n) is 4.68. The van der Waals surface area contributed by atoms with Gasteiger partial charge >= 0.3 is 0 Å². The maximum Gasteiger partial charge on any atom is 0.0784 e. The molecular formula is C22H28Si2. The third kappa shape index (κ3) is 3.55. The molecule has 0 N–H and O–H groups in total. The molecule has 4 bridgehead atoms. The van der Waals surface area contributed by atoms with Crippen molar-refractivity contribution in [3.05, 3.63) is 70.8 Å². The first-order valence-corrected chi connectivity index (χ1v) is 15.8. The molecule has 2 aromatic rings. The number of hydrogen-bond acceptors (Lipinski definition) is 0. The van der Waals surface area contributed by atoms with Gasteiger partial charge in [-0.2, -0.15) is 0 Å². The van der Waals surface area contributed by atoms with Crippen LogP contribution in [0.15, 0.2) is 48.5 Å². The maximum absolute atomic E-state index is 2.43. The highest BCUT2D eigenvalue weighted by atomic mass is 28.3. The van der Waals surface area contributed by atoms with E-state index in [1.807, 2.05) is 0 Å². The highest BCUT2D eigenvalue weighted by Gasteiger charge is 2.24. The Labute approximate surface area is 149 Å². The van der Waals surface area contributed by atoms with Crippen molar-refractivity contribution >= 4 is 38.7 Å². The summed E-state index contributed by atoms with van der Waals surface area (Å²) in [6.07, 6.45) is 4.80. The van der Waals surface area contributed by atoms with E-state index in [0.717, 1.165) is 0 Å². The van der Waals surface area contributed by atoms with Crippen molar-refractivity contribution in [2.24, 2.45) is 0 Å². The van der Waals surface area contributed by atoms with Gasteiger partial charge in [0.05, 0.1) is 16.1 Å². The first kappa shape index (κ1) is 17.2. The largest absolute Gasteiger partial charge is 0.0784 e. The predicted molar refractivity (Wildman–Crippen MR) is 115 cm³/mol. The van der Waals surface area contributed by atoms with Gasteiger partial charge in [-0.15, -0.1) is 0 Å². The molecule has 2 aromatic carbocycles. The van der Waals surface area contributed by atoms with E-state index in [2.05, 4.69) is 100.0 Å². The molecule has 0 radical (unpaired) electrons. The molecule has 0 saturated heterocycles. The number of benzene rings is 2. The van der Waals surface area contributed by atoms with Crippen molar-refractivity contribution in [1.29, 1.82) is 0 Å². The Bertz CT molecular complexity index is 723. The summed E-state index contributed by atoms with van der Waals surface area (Å²) in [5.41, 5.74) is 5.39. The standard InChI is InChI=1S/C22H28Si2/c1-23(2,3)21-15-17-7-9-18(10-8-17)16-22(24(4,5)6)20-13-11-19(21)12-14-20/h7-16H,1-6H3/b17-15?,18-16?,21-15+,21-19?,22-16+,22-20?. The van der Waals surface area contributed by atoms with Crippen LogP contribution in [-0.2, 0) is 0 Å². The molecule has 0 amide bonds. The van der Waals surface area contributed by atoms with E-state index in [-0.39, 0.29) is 0 Å². The topological polar surface area (TPSA) is 0 Å². The van der Waals surface area contributed by atoms with Crippen LogP contribution in [0.5, 0.6) is 0 Å². The highest BCUT2D eigenvalue weighted by Crippen LogP contribution is 2.33. The van der Waals surface area contributed by atoms with Gasteiger partial charge < -0.3 is 0 Å². The molecule has 4 aliphatic carbocycles. The van der Waals surface area contributed by atoms with Crippen LogP contribution in [0.25, 0.3) is 22.5 Å². The van der Waals surface area contributed by atoms with E-state index in [0.29, 0.717) is 0 Å². The fourth-order valence-corrected chi connectivity index (χ4v) is 6.58. The zero-order valence-corrected chi connectivity index (χ0v) is 17.8. The summed E-state index contributed by atoms with van der Waals surface area (Å²) in [5, 5.41) is 3.06. The Kier molecular flexibility index (Phi) is 4.31. The summed E-state index contributed by atoms with van der Waals surface area (Å²) in [4.78, 5) is 0. The van der Waals surface area contributed by atoms with Gasteiger partial charge in [0, 0.05) is 0 Å². The van der Waals surface area contributed by atoms with Crippen molar-refractivity contribution in [2.45, 2.75) is 39.3 Å². The quantitative estimate of drug-likeness (QED) is 0.521. The Morgan fingerprint density at radius 3 is 1.00 bits per heavy atom. The van der Waals surface area contributed by atoms with Crippen molar-refractivity contribution in [3.8, 4) is 0 Å². The first-order valence-electron chi connectivity index (χ1n) is 8.80. The lowest BCUT2D eigenvalue weighted by Gasteiger charge is -2.25. The normalized spacial score (nSPS) is 19.1. The second-order valence-electron chi connectivity index (χ2n) is 8.86. The lowest BCUT2D eigenvalue weighted by molar-refractivity contribution is 1.55. The molecule has 2 heteroatoms. The van der Waals surface area contributed by atoms with E-state index < -0.39 is 16.1 Å². The number of rotatable bonds is 2. The molecule has 124 valence electrons. The molecule has 24 heavy (non-hydrogen) atoms. The first-order chi connectivity index (χ1) is 11.1. The van der Waals surface area contributed by atoms with Crippen LogP contribution in [0.1, 0.15) is 22.3 Å². The van der Waals surface area contributed by atoms with Crippen LogP contribution in [0.2, 0.25) is 39.3 Å². The van der Waals surface area contributed by atoms with E-state index >= 15 is 0 Å². The molecular weight excluding hydrogens is 320 g/mol. The van der Waals surface area contributed by atoms with Gasteiger partial charge in [-0.25, -0.2) is 0 Å². The van der Waals surface area contributed by atoms with Crippen LogP contribution in [0.4, 0.5) is 0 Å². The summed E-state index contributed by atoms with van der Waals surface area (Å²) in [7, 11) is -2.84. The van der Waals surface area contributed by atoms with Gasteiger partial charge in [0.15, 0.2) is 0 Å². The lowest BCUT2D eigenvalue weighted by Crippen LogP contribution is -2.24. The van der Waals surface area contributed by atoms with Gasteiger partial charge in [-0.05, 0) is 22.3 Å². The minimum Gasteiger partial charge on any atom is -0.0656 e. The second kappa shape index (κ2) is 6.01. The third-order valence-corrected chi connectivity index (χ3v) is 8.78. The summed E-state index contributed by atoms with van der Waals surface area (Å²) < 4.78 is 0. The van der Waals surface area contributed by atoms with Crippen molar-refractivity contribution in [3.63, 3.8) is 0 Å². The zero-order valence-electron chi connectivity index (χ0n) is 15.8. The number of hydrogen-bond donors (Lipinski definition) is 0. The summed E-state index contributed by atoms with van der Waals surface area (Å²) in [6.45, 7) is 14.6.